The number of oxazole rings is 1. The van der Waals surface area contributed by atoms with Gasteiger partial charge in [-0.1, -0.05) is 19.9 Å². The third-order valence-corrected chi connectivity index (χ3v) is 2.26. The predicted octanol–water partition coefficient (Wildman–Crippen LogP) is 3.41. The lowest BCUT2D eigenvalue weighted by Gasteiger charge is -2.09. The van der Waals surface area contributed by atoms with Gasteiger partial charge in [-0.15, -0.1) is 0 Å². The summed E-state index contributed by atoms with van der Waals surface area (Å²) in [4.78, 5) is 4.13. The molecular weight excluding hydrogens is 200 g/mol. The lowest BCUT2D eigenvalue weighted by atomic mass is 10.2. The number of hydrogen-bond donors (Lipinski definition) is 1. The Balaban J connectivity index is 2.14. The number of hydrogen-bond acceptors (Lipinski definition) is 3. The third kappa shape index (κ3) is 2.63. The van der Waals surface area contributed by atoms with Crippen molar-refractivity contribution in [2.24, 2.45) is 5.92 Å². The molecule has 0 aliphatic rings. The highest BCUT2D eigenvalue weighted by molar-refractivity contribution is 5.61. The van der Waals surface area contributed by atoms with E-state index in [4.69, 9.17) is 4.42 Å². The second kappa shape index (κ2) is 4.84. The lowest BCUT2D eigenvalue weighted by Crippen LogP contribution is -2.07. The maximum Gasteiger partial charge on any atom is 0.225 e. The number of anilines is 1. The fraction of sp³-hybridized carbons (Fsp3) is 0.308. The second-order valence-electron chi connectivity index (χ2n) is 4.19. The predicted molar refractivity (Wildman–Crippen MR) is 65.3 cm³/mol. The maximum absolute atomic E-state index is 5.26. The Hall–Kier alpha value is -1.77. The van der Waals surface area contributed by atoms with Crippen LogP contribution in [0.25, 0.3) is 11.5 Å². The summed E-state index contributed by atoms with van der Waals surface area (Å²) >= 11 is 0. The number of nitrogens with one attached hydrogen (secondary N) is 1. The van der Waals surface area contributed by atoms with Crippen LogP contribution in [0.15, 0.2) is 41.1 Å². The Morgan fingerprint density at radius 1 is 1.38 bits per heavy atom. The fourth-order valence-electron chi connectivity index (χ4n) is 1.45. The van der Waals surface area contributed by atoms with Crippen molar-refractivity contribution >= 4 is 5.69 Å². The molecule has 1 N–H and O–H groups in total. The van der Waals surface area contributed by atoms with Gasteiger partial charge in [-0.2, -0.15) is 0 Å². The quantitative estimate of drug-likeness (QED) is 0.851. The van der Waals surface area contributed by atoms with Crippen LogP contribution in [-0.4, -0.2) is 11.5 Å². The molecule has 1 heterocycles. The maximum atomic E-state index is 5.26. The standard InChI is InChI=1S/C13H16N2O/c1-10(2)9-15-12-5-3-4-11(8-12)13-14-6-7-16-13/h3-8,10,15H,9H2,1-2H3. The van der Waals surface area contributed by atoms with Gasteiger partial charge >= 0.3 is 0 Å². The summed E-state index contributed by atoms with van der Waals surface area (Å²) in [6.45, 7) is 5.34. The number of nitrogens with zero attached hydrogens (tertiary/aromatic N) is 1. The van der Waals surface area contributed by atoms with Gasteiger partial charge in [0, 0.05) is 17.8 Å². The van der Waals surface area contributed by atoms with Crippen LogP contribution in [0.3, 0.4) is 0 Å². The highest BCUT2D eigenvalue weighted by Gasteiger charge is 2.03. The van der Waals surface area contributed by atoms with Gasteiger partial charge in [0.25, 0.3) is 0 Å². The van der Waals surface area contributed by atoms with Gasteiger partial charge in [0.15, 0.2) is 0 Å². The van der Waals surface area contributed by atoms with Gasteiger partial charge < -0.3 is 9.73 Å². The van der Waals surface area contributed by atoms with E-state index in [-0.39, 0.29) is 0 Å². The Labute approximate surface area is 95.5 Å². The molecule has 0 bridgehead atoms. The van der Waals surface area contributed by atoms with E-state index in [9.17, 15) is 0 Å². The van der Waals surface area contributed by atoms with Crippen LogP contribution in [-0.2, 0) is 0 Å². The molecule has 0 fully saturated rings. The van der Waals surface area contributed by atoms with Gasteiger partial charge in [-0.05, 0) is 24.1 Å². The first-order chi connectivity index (χ1) is 7.75. The van der Waals surface area contributed by atoms with Crippen molar-refractivity contribution in [3.8, 4) is 11.5 Å². The van der Waals surface area contributed by atoms with Gasteiger partial charge in [0.05, 0.1) is 6.20 Å². The molecule has 0 aliphatic carbocycles. The van der Waals surface area contributed by atoms with Crippen LogP contribution < -0.4 is 5.32 Å². The van der Waals surface area contributed by atoms with Gasteiger partial charge in [-0.3, -0.25) is 0 Å². The van der Waals surface area contributed by atoms with E-state index in [1.165, 1.54) is 0 Å². The average Bonchev–Trinajstić information content (AvgIpc) is 2.80. The first-order valence-electron chi connectivity index (χ1n) is 5.49. The Morgan fingerprint density at radius 2 is 2.25 bits per heavy atom. The molecule has 0 amide bonds. The van der Waals surface area contributed by atoms with Crippen molar-refractivity contribution < 1.29 is 4.42 Å². The van der Waals surface area contributed by atoms with Crippen LogP contribution in [0, 0.1) is 5.92 Å². The Bertz CT molecular complexity index is 435. The molecule has 1 aromatic heterocycles. The highest BCUT2D eigenvalue weighted by atomic mass is 16.3. The van der Waals surface area contributed by atoms with E-state index in [1.807, 2.05) is 18.2 Å². The summed E-state index contributed by atoms with van der Waals surface area (Å²) in [6, 6.07) is 8.09. The van der Waals surface area contributed by atoms with Crippen LogP contribution in [0.1, 0.15) is 13.8 Å². The molecule has 2 aromatic rings. The summed E-state index contributed by atoms with van der Waals surface area (Å²) in [5.74, 6) is 1.29. The number of aromatic nitrogens is 1. The van der Waals surface area contributed by atoms with Crippen molar-refractivity contribution in [3.63, 3.8) is 0 Å². The molecule has 0 spiro atoms. The molecule has 84 valence electrons. The summed E-state index contributed by atoms with van der Waals surface area (Å²) in [6.07, 6.45) is 3.24. The van der Waals surface area contributed by atoms with E-state index in [1.54, 1.807) is 12.5 Å². The molecule has 0 saturated heterocycles. The van der Waals surface area contributed by atoms with Crippen LogP contribution in [0.2, 0.25) is 0 Å². The topological polar surface area (TPSA) is 38.1 Å². The second-order valence-corrected chi connectivity index (χ2v) is 4.19. The number of rotatable bonds is 4. The van der Waals surface area contributed by atoms with E-state index in [0.29, 0.717) is 11.8 Å². The smallest absolute Gasteiger partial charge is 0.225 e. The van der Waals surface area contributed by atoms with Gasteiger partial charge in [0.2, 0.25) is 5.89 Å². The molecule has 3 heteroatoms. The minimum absolute atomic E-state index is 0.630. The summed E-state index contributed by atoms with van der Waals surface area (Å²) in [5, 5.41) is 3.38. The van der Waals surface area contributed by atoms with Gasteiger partial charge in [-0.25, -0.2) is 4.98 Å². The zero-order chi connectivity index (χ0) is 11.4. The first-order valence-corrected chi connectivity index (χ1v) is 5.49. The van der Waals surface area contributed by atoms with E-state index < -0.39 is 0 Å². The van der Waals surface area contributed by atoms with Crippen LogP contribution in [0.5, 0.6) is 0 Å². The van der Waals surface area contributed by atoms with E-state index >= 15 is 0 Å². The van der Waals surface area contributed by atoms with Crippen molar-refractivity contribution in [2.75, 3.05) is 11.9 Å². The molecule has 2 rings (SSSR count). The molecule has 0 aliphatic heterocycles. The molecule has 0 atom stereocenters. The Kier molecular flexibility index (Phi) is 3.25. The minimum atomic E-state index is 0.630. The van der Waals surface area contributed by atoms with Crippen LogP contribution >= 0.6 is 0 Å². The van der Waals surface area contributed by atoms with Crippen molar-refractivity contribution in [2.45, 2.75) is 13.8 Å². The SMILES string of the molecule is CC(C)CNc1cccc(-c2ncco2)c1. The molecule has 3 nitrogen and oxygen atoms in total. The van der Waals surface area contributed by atoms with Crippen molar-refractivity contribution in [3.05, 3.63) is 36.7 Å². The Morgan fingerprint density at radius 3 is 2.94 bits per heavy atom. The number of benzene rings is 1. The van der Waals surface area contributed by atoms with E-state index in [0.717, 1.165) is 17.8 Å². The summed E-state index contributed by atoms with van der Waals surface area (Å²) < 4.78 is 5.26. The molecule has 16 heavy (non-hydrogen) atoms. The van der Waals surface area contributed by atoms with Crippen molar-refractivity contribution in [1.82, 2.24) is 4.98 Å². The monoisotopic (exact) mass is 216 g/mol. The van der Waals surface area contributed by atoms with Gasteiger partial charge in [0.1, 0.15) is 6.26 Å². The molecular formula is C13H16N2O. The zero-order valence-corrected chi connectivity index (χ0v) is 9.60. The fourth-order valence-corrected chi connectivity index (χ4v) is 1.45. The average molecular weight is 216 g/mol. The summed E-state index contributed by atoms with van der Waals surface area (Å²) in [5.41, 5.74) is 2.10. The minimum Gasteiger partial charge on any atom is -0.445 e. The van der Waals surface area contributed by atoms with Crippen LogP contribution in [0.4, 0.5) is 5.69 Å². The van der Waals surface area contributed by atoms with Crippen molar-refractivity contribution in [1.29, 1.82) is 0 Å². The normalized spacial score (nSPS) is 10.7. The summed E-state index contributed by atoms with van der Waals surface area (Å²) in [7, 11) is 0. The zero-order valence-electron chi connectivity index (χ0n) is 9.60. The highest BCUT2D eigenvalue weighted by Crippen LogP contribution is 2.20. The molecule has 0 saturated carbocycles. The lowest BCUT2D eigenvalue weighted by molar-refractivity contribution is 0.574. The largest absolute Gasteiger partial charge is 0.445 e. The molecule has 0 unspecified atom stereocenters. The molecule has 0 radical (unpaired) electrons. The molecule has 1 aromatic carbocycles. The van der Waals surface area contributed by atoms with E-state index in [2.05, 4.69) is 30.2 Å². The first kappa shape index (κ1) is 10.7. The third-order valence-electron chi connectivity index (χ3n) is 2.26.